The van der Waals surface area contributed by atoms with Crippen LogP contribution in [0.2, 0.25) is 0 Å². The second kappa shape index (κ2) is 7.73. The van der Waals surface area contributed by atoms with E-state index in [1.165, 1.54) is 37.8 Å². The lowest BCUT2D eigenvalue weighted by atomic mass is 9.76. The first kappa shape index (κ1) is 20.4. The average Bonchev–Trinajstić information content (AvgIpc) is 3.30. The molecule has 29 heavy (non-hydrogen) atoms. The van der Waals surface area contributed by atoms with Crippen LogP contribution in [-0.2, 0) is 0 Å². The molecule has 2 saturated carbocycles. The maximum atomic E-state index is 13.4. The quantitative estimate of drug-likeness (QED) is 0.600. The third-order valence-electron chi connectivity index (χ3n) is 8.08. The number of urea groups is 1. The van der Waals surface area contributed by atoms with Gasteiger partial charge in [0, 0.05) is 17.2 Å². The van der Waals surface area contributed by atoms with Gasteiger partial charge in [-0.05, 0) is 74.5 Å². The van der Waals surface area contributed by atoms with Gasteiger partial charge in [-0.1, -0.05) is 38.8 Å². The van der Waals surface area contributed by atoms with E-state index in [9.17, 15) is 9.18 Å². The van der Waals surface area contributed by atoms with E-state index < -0.39 is 0 Å². The summed E-state index contributed by atoms with van der Waals surface area (Å²) in [7, 11) is 0. The first-order valence-electron chi connectivity index (χ1n) is 11.3. The van der Waals surface area contributed by atoms with Gasteiger partial charge in [0.1, 0.15) is 5.82 Å². The minimum atomic E-state index is -0.233. The highest BCUT2D eigenvalue weighted by Gasteiger charge is 2.60. The number of nitrogens with zero attached hydrogens (tertiary/aromatic N) is 2. The Morgan fingerprint density at radius 2 is 1.90 bits per heavy atom. The van der Waals surface area contributed by atoms with Gasteiger partial charge < -0.3 is 5.32 Å². The zero-order valence-electron chi connectivity index (χ0n) is 18.0. The van der Waals surface area contributed by atoms with Crippen LogP contribution in [0.3, 0.4) is 0 Å². The Bertz CT molecular complexity index is 782. The van der Waals surface area contributed by atoms with Crippen molar-refractivity contribution in [2.75, 3.05) is 6.54 Å². The summed E-state index contributed by atoms with van der Waals surface area (Å²) in [4.78, 5) is 13.2. The molecule has 0 spiro atoms. The van der Waals surface area contributed by atoms with Crippen molar-refractivity contribution in [3.05, 3.63) is 35.6 Å². The summed E-state index contributed by atoms with van der Waals surface area (Å²) in [6.45, 7) is 7.28. The Labute approximate surface area is 173 Å². The SMILES string of the molecule is CCCCCC1=NN(C(=O)N[C@@]2(C)[C@H]3CC[C@]2(C)CC3)CC1c1ccc(F)cc1. The van der Waals surface area contributed by atoms with Crippen molar-refractivity contribution >= 4 is 11.7 Å². The largest absolute Gasteiger partial charge is 0.338 e. The molecule has 5 heteroatoms. The second-order valence-corrected chi connectivity index (χ2v) is 9.70. The molecule has 1 N–H and O–H groups in total. The topological polar surface area (TPSA) is 44.7 Å². The number of benzene rings is 1. The minimum Gasteiger partial charge on any atom is -0.331 e. The van der Waals surface area contributed by atoms with Crippen molar-refractivity contribution in [1.82, 2.24) is 10.3 Å². The summed E-state index contributed by atoms with van der Waals surface area (Å²) in [6.07, 6.45) is 9.05. The lowest BCUT2D eigenvalue weighted by Crippen LogP contribution is -2.56. The third-order valence-corrected chi connectivity index (χ3v) is 8.08. The lowest BCUT2D eigenvalue weighted by Gasteiger charge is -2.39. The molecule has 2 aliphatic carbocycles. The molecular weight excluding hydrogens is 365 g/mol. The van der Waals surface area contributed by atoms with Gasteiger partial charge in [-0.2, -0.15) is 5.10 Å². The number of unbranched alkanes of at least 4 members (excludes halogenated alkanes) is 2. The highest BCUT2D eigenvalue weighted by Crippen LogP contribution is 2.60. The zero-order chi connectivity index (χ0) is 20.6. The number of hydrogen-bond acceptors (Lipinski definition) is 2. The molecule has 158 valence electrons. The van der Waals surface area contributed by atoms with Crippen molar-refractivity contribution in [3.8, 4) is 0 Å². The predicted molar refractivity (Wildman–Crippen MR) is 114 cm³/mol. The number of amides is 2. The molecule has 2 bridgehead atoms. The zero-order valence-corrected chi connectivity index (χ0v) is 18.0. The van der Waals surface area contributed by atoms with Crippen LogP contribution < -0.4 is 5.32 Å². The monoisotopic (exact) mass is 399 g/mol. The van der Waals surface area contributed by atoms with Crippen LogP contribution in [0.5, 0.6) is 0 Å². The van der Waals surface area contributed by atoms with E-state index in [1.54, 1.807) is 5.01 Å². The Morgan fingerprint density at radius 3 is 2.48 bits per heavy atom. The van der Waals surface area contributed by atoms with E-state index in [0.717, 1.165) is 37.0 Å². The maximum Gasteiger partial charge on any atom is 0.338 e. The molecule has 1 aliphatic heterocycles. The first-order valence-corrected chi connectivity index (χ1v) is 11.3. The van der Waals surface area contributed by atoms with Crippen LogP contribution in [0.1, 0.15) is 83.6 Å². The van der Waals surface area contributed by atoms with Crippen LogP contribution in [0.4, 0.5) is 9.18 Å². The van der Waals surface area contributed by atoms with Gasteiger partial charge in [0.15, 0.2) is 0 Å². The first-order chi connectivity index (χ1) is 13.9. The molecular formula is C24H34FN3O. The van der Waals surface area contributed by atoms with Crippen LogP contribution >= 0.6 is 0 Å². The molecule has 0 saturated heterocycles. The summed E-state index contributed by atoms with van der Waals surface area (Å²) in [5.74, 6) is 0.394. The van der Waals surface area contributed by atoms with E-state index >= 15 is 0 Å². The molecule has 1 aromatic rings. The predicted octanol–water partition coefficient (Wildman–Crippen LogP) is 5.84. The lowest BCUT2D eigenvalue weighted by molar-refractivity contribution is 0.148. The van der Waals surface area contributed by atoms with Crippen molar-refractivity contribution in [1.29, 1.82) is 0 Å². The van der Waals surface area contributed by atoms with Crippen LogP contribution in [0.15, 0.2) is 29.4 Å². The van der Waals surface area contributed by atoms with Gasteiger partial charge in [-0.15, -0.1) is 0 Å². The molecule has 2 amide bonds. The van der Waals surface area contributed by atoms with Crippen molar-refractivity contribution < 1.29 is 9.18 Å². The Kier molecular flexibility index (Phi) is 5.43. The summed E-state index contributed by atoms with van der Waals surface area (Å²) in [5, 5.41) is 9.77. The highest BCUT2D eigenvalue weighted by atomic mass is 19.1. The molecule has 4 nitrogen and oxygen atoms in total. The number of carbonyl (C=O) groups excluding carboxylic acids is 1. The van der Waals surface area contributed by atoms with Crippen LogP contribution in [-0.4, -0.2) is 28.8 Å². The standard InChI is InChI=1S/C24H34FN3O/c1-4-5-6-7-21-20(17-8-10-19(25)11-9-17)16-28(27-21)22(29)26-24(3)18-12-14-23(24,2)15-13-18/h8-11,18,20H,4-7,12-16H2,1-3H3,(H,26,29)/t18-,20?,23+,24-/m0/s1. The molecule has 3 aliphatic rings. The van der Waals surface area contributed by atoms with E-state index in [-0.39, 0.29) is 28.7 Å². The van der Waals surface area contributed by atoms with Gasteiger partial charge in [-0.3, -0.25) is 0 Å². The third kappa shape index (κ3) is 3.57. The smallest absolute Gasteiger partial charge is 0.331 e. The molecule has 1 unspecified atom stereocenters. The van der Waals surface area contributed by atoms with Gasteiger partial charge >= 0.3 is 6.03 Å². The number of fused-ring (bicyclic) bond motifs is 2. The van der Waals surface area contributed by atoms with Crippen molar-refractivity contribution in [2.24, 2.45) is 16.4 Å². The fourth-order valence-electron chi connectivity index (χ4n) is 5.83. The van der Waals surface area contributed by atoms with E-state index in [0.29, 0.717) is 12.5 Å². The summed E-state index contributed by atoms with van der Waals surface area (Å²) < 4.78 is 13.4. The second-order valence-electron chi connectivity index (χ2n) is 9.70. The summed E-state index contributed by atoms with van der Waals surface area (Å²) in [6, 6.07) is 6.58. The normalized spacial score (nSPS) is 33.2. The molecule has 2 fully saturated rings. The molecule has 0 radical (unpaired) electrons. The van der Waals surface area contributed by atoms with Crippen molar-refractivity contribution in [2.45, 2.75) is 83.6 Å². The molecule has 1 heterocycles. The van der Waals surface area contributed by atoms with Gasteiger partial charge in [-0.25, -0.2) is 14.2 Å². The average molecular weight is 400 g/mol. The number of hydrogen-bond donors (Lipinski definition) is 1. The Balaban J connectivity index is 1.51. The van der Waals surface area contributed by atoms with Crippen molar-refractivity contribution in [3.63, 3.8) is 0 Å². The van der Waals surface area contributed by atoms with Gasteiger partial charge in [0.05, 0.1) is 6.54 Å². The number of hydrazone groups is 1. The molecule has 1 aromatic carbocycles. The molecule has 2 atom stereocenters. The number of carbonyl (C=O) groups is 1. The molecule has 0 aromatic heterocycles. The van der Waals surface area contributed by atoms with Gasteiger partial charge in [0.2, 0.25) is 0 Å². The van der Waals surface area contributed by atoms with Crippen LogP contribution in [0.25, 0.3) is 0 Å². The summed E-state index contributed by atoms with van der Waals surface area (Å²) >= 11 is 0. The van der Waals surface area contributed by atoms with E-state index in [2.05, 4.69) is 26.1 Å². The number of nitrogens with one attached hydrogen (secondary N) is 1. The minimum absolute atomic E-state index is 0.0573. The van der Waals surface area contributed by atoms with Gasteiger partial charge in [0.25, 0.3) is 0 Å². The number of halogens is 1. The maximum absolute atomic E-state index is 13.4. The number of rotatable bonds is 6. The van der Waals surface area contributed by atoms with E-state index in [4.69, 9.17) is 5.10 Å². The van der Waals surface area contributed by atoms with E-state index in [1.807, 2.05) is 12.1 Å². The Morgan fingerprint density at radius 1 is 1.21 bits per heavy atom. The van der Waals surface area contributed by atoms with Crippen LogP contribution in [0, 0.1) is 17.2 Å². The fraction of sp³-hybridized carbons (Fsp3) is 0.667. The highest BCUT2D eigenvalue weighted by molar-refractivity contribution is 5.94. The summed E-state index contributed by atoms with van der Waals surface area (Å²) in [5.41, 5.74) is 2.13. The Hall–Kier alpha value is -1.91. The fourth-order valence-corrected chi connectivity index (χ4v) is 5.83. The molecule has 4 rings (SSSR count).